The van der Waals surface area contributed by atoms with Crippen LogP contribution >= 0.6 is 0 Å². The first-order valence-electron chi connectivity index (χ1n) is 10.2. The molecule has 0 unspecified atom stereocenters. The van der Waals surface area contributed by atoms with Crippen molar-refractivity contribution in [2.24, 2.45) is 0 Å². The van der Waals surface area contributed by atoms with Crippen molar-refractivity contribution >= 4 is 24.0 Å². The van der Waals surface area contributed by atoms with E-state index < -0.39 is 12.1 Å². The van der Waals surface area contributed by atoms with E-state index >= 15 is 0 Å². The van der Waals surface area contributed by atoms with Gasteiger partial charge >= 0.3 is 5.97 Å². The molecule has 0 spiro atoms. The molecule has 1 amide bonds. The van der Waals surface area contributed by atoms with E-state index in [4.69, 9.17) is 9.47 Å². The summed E-state index contributed by atoms with van der Waals surface area (Å²) in [5, 5.41) is 2.80. The van der Waals surface area contributed by atoms with Crippen molar-refractivity contribution in [3.63, 3.8) is 0 Å². The van der Waals surface area contributed by atoms with Crippen LogP contribution in [-0.4, -0.2) is 25.5 Å². The molecule has 0 aromatic heterocycles. The van der Waals surface area contributed by atoms with Crippen LogP contribution in [0.25, 0.3) is 12.2 Å². The second-order valence-corrected chi connectivity index (χ2v) is 6.93. The molecule has 0 aliphatic rings. The smallest absolute Gasteiger partial charge is 0.331 e. The van der Waals surface area contributed by atoms with Gasteiger partial charge in [0.2, 0.25) is 5.91 Å². The van der Waals surface area contributed by atoms with Crippen LogP contribution in [0.1, 0.15) is 22.8 Å². The number of amides is 1. The van der Waals surface area contributed by atoms with Crippen LogP contribution in [0.4, 0.5) is 0 Å². The van der Waals surface area contributed by atoms with Gasteiger partial charge < -0.3 is 14.8 Å². The van der Waals surface area contributed by atoms with Crippen molar-refractivity contribution in [2.45, 2.75) is 6.10 Å². The molecule has 0 saturated carbocycles. The largest absolute Gasteiger partial charge is 0.497 e. The lowest BCUT2D eigenvalue weighted by molar-refractivity contribution is -0.143. The molecule has 3 rings (SSSR count). The third-order valence-electron chi connectivity index (χ3n) is 4.65. The van der Waals surface area contributed by atoms with Gasteiger partial charge in [-0.15, -0.1) is 0 Å². The Hall–Kier alpha value is -4.12. The molecule has 0 heterocycles. The van der Waals surface area contributed by atoms with Crippen LogP contribution in [0.3, 0.4) is 0 Å². The Kier molecular flexibility index (Phi) is 8.40. The van der Waals surface area contributed by atoms with E-state index in [0.29, 0.717) is 5.75 Å². The lowest BCUT2D eigenvalue weighted by atomic mass is 10.1. The standard InChI is InChI=1S/C27H25NO4/c1-31-24-16-14-23(15-17-24)25(32-27(30)19-13-22-10-6-3-7-11-22)20-28-26(29)18-12-21-8-4-2-5-9-21/h2-19,25H,20H2,1H3,(H,28,29)/t25-/m1/s1. The third-order valence-corrected chi connectivity index (χ3v) is 4.65. The molecular formula is C27H25NO4. The van der Waals surface area contributed by atoms with Crippen LogP contribution in [0.2, 0.25) is 0 Å². The van der Waals surface area contributed by atoms with Gasteiger partial charge in [-0.1, -0.05) is 72.8 Å². The minimum Gasteiger partial charge on any atom is -0.497 e. The number of ether oxygens (including phenoxy) is 2. The molecule has 0 aliphatic heterocycles. The summed E-state index contributed by atoms with van der Waals surface area (Å²) in [6.45, 7) is 0.134. The van der Waals surface area contributed by atoms with Crippen molar-refractivity contribution in [1.82, 2.24) is 5.32 Å². The maximum absolute atomic E-state index is 12.4. The van der Waals surface area contributed by atoms with Gasteiger partial charge in [-0.05, 0) is 41.0 Å². The predicted molar refractivity (Wildman–Crippen MR) is 126 cm³/mol. The van der Waals surface area contributed by atoms with E-state index in [-0.39, 0.29) is 12.5 Å². The number of hydrogen-bond acceptors (Lipinski definition) is 4. The highest BCUT2D eigenvalue weighted by Crippen LogP contribution is 2.21. The molecule has 5 nitrogen and oxygen atoms in total. The topological polar surface area (TPSA) is 64.6 Å². The summed E-state index contributed by atoms with van der Waals surface area (Å²) in [6.07, 6.45) is 5.60. The molecule has 0 bridgehead atoms. The Labute approximate surface area is 188 Å². The molecule has 3 aromatic carbocycles. The van der Waals surface area contributed by atoms with Gasteiger partial charge in [0.25, 0.3) is 0 Å². The molecule has 3 aromatic rings. The number of carbonyl (C=O) groups excluding carboxylic acids is 2. The fourth-order valence-corrected chi connectivity index (χ4v) is 2.94. The second-order valence-electron chi connectivity index (χ2n) is 6.93. The normalized spacial score (nSPS) is 11.9. The number of benzene rings is 3. The highest BCUT2D eigenvalue weighted by molar-refractivity contribution is 5.91. The van der Waals surface area contributed by atoms with Gasteiger partial charge in [-0.2, -0.15) is 0 Å². The highest BCUT2D eigenvalue weighted by Gasteiger charge is 2.16. The van der Waals surface area contributed by atoms with Crippen LogP contribution in [0.5, 0.6) is 5.75 Å². The lowest BCUT2D eigenvalue weighted by Crippen LogP contribution is -2.29. The van der Waals surface area contributed by atoms with Gasteiger partial charge in [-0.3, -0.25) is 4.79 Å². The number of rotatable bonds is 9. The summed E-state index contributed by atoms with van der Waals surface area (Å²) in [5.41, 5.74) is 2.57. The van der Waals surface area contributed by atoms with Crippen molar-refractivity contribution < 1.29 is 19.1 Å². The maximum Gasteiger partial charge on any atom is 0.331 e. The Balaban J connectivity index is 1.66. The zero-order chi connectivity index (χ0) is 22.6. The molecule has 1 N–H and O–H groups in total. The predicted octanol–water partition coefficient (Wildman–Crippen LogP) is 4.82. The van der Waals surface area contributed by atoms with Crippen molar-refractivity contribution in [3.8, 4) is 5.75 Å². The average molecular weight is 428 g/mol. The van der Waals surface area contributed by atoms with Gasteiger partial charge in [0.05, 0.1) is 13.7 Å². The van der Waals surface area contributed by atoms with Crippen LogP contribution in [0.15, 0.2) is 97.1 Å². The fraction of sp³-hybridized carbons (Fsp3) is 0.111. The number of methoxy groups -OCH3 is 1. The summed E-state index contributed by atoms with van der Waals surface area (Å²) >= 11 is 0. The monoisotopic (exact) mass is 427 g/mol. The van der Waals surface area contributed by atoms with Gasteiger partial charge in [-0.25, -0.2) is 4.79 Å². The Bertz CT molecular complexity index is 1060. The first kappa shape index (κ1) is 22.6. The van der Waals surface area contributed by atoms with Crippen molar-refractivity contribution in [1.29, 1.82) is 0 Å². The van der Waals surface area contributed by atoms with Gasteiger partial charge in [0, 0.05) is 12.2 Å². The quantitative estimate of drug-likeness (QED) is 0.393. The third kappa shape index (κ3) is 7.29. The van der Waals surface area contributed by atoms with E-state index in [1.54, 1.807) is 31.4 Å². The first-order chi connectivity index (χ1) is 15.6. The molecule has 0 saturated heterocycles. The minimum atomic E-state index is -0.650. The first-order valence-corrected chi connectivity index (χ1v) is 10.2. The summed E-state index contributed by atoms with van der Waals surface area (Å²) < 4.78 is 10.8. The number of carbonyl (C=O) groups is 2. The van der Waals surface area contributed by atoms with Crippen LogP contribution in [-0.2, 0) is 14.3 Å². The number of nitrogens with one attached hydrogen (secondary N) is 1. The SMILES string of the molecule is COc1ccc([C@@H](CNC(=O)C=Cc2ccccc2)OC(=O)C=Cc2ccccc2)cc1. The number of esters is 1. The maximum atomic E-state index is 12.4. The van der Waals surface area contributed by atoms with E-state index in [0.717, 1.165) is 16.7 Å². The highest BCUT2D eigenvalue weighted by atomic mass is 16.5. The molecule has 32 heavy (non-hydrogen) atoms. The van der Waals surface area contributed by atoms with Crippen LogP contribution < -0.4 is 10.1 Å². The van der Waals surface area contributed by atoms with E-state index in [2.05, 4.69) is 5.32 Å². The average Bonchev–Trinajstić information content (AvgIpc) is 2.85. The minimum absolute atomic E-state index is 0.134. The Morgan fingerprint density at radius 1 is 0.812 bits per heavy atom. The summed E-state index contributed by atoms with van der Waals surface area (Å²) in [5.74, 6) is -0.0791. The summed E-state index contributed by atoms with van der Waals surface area (Å²) in [7, 11) is 1.58. The zero-order valence-corrected chi connectivity index (χ0v) is 17.8. The molecular weight excluding hydrogens is 402 g/mol. The lowest BCUT2D eigenvalue weighted by Gasteiger charge is -2.18. The molecule has 0 fully saturated rings. The summed E-state index contributed by atoms with van der Waals surface area (Å²) in [6, 6.07) is 26.2. The van der Waals surface area contributed by atoms with Gasteiger partial charge in [0.1, 0.15) is 11.9 Å². The van der Waals surface area contributed by atoms with E-state index in [9.17, 15) is 9.59 Å². The van der Waals surface area contributed by atoms with Gasteiger partial charge in [0.15, 0.2) is 0 Å². The molecule has 0 radical (unpaired) electrons. The van der Waals surface area contributed by atoms with E-state index in [1.807, 2.05) is 72.8 Å². The second kappa shape index (κ2) is 11.9. The number of hydrogen-bond donors (Lipinski definition) is 1. The van der Waals surface area contributed by atoms with Crippen molar-refractivity contribution in [3.05, 3.63) is 114 Å². The fourth-order valence-electron chi connectivity index (χ4n) is 2.94. The molecule has 0 aliphatic carbocycles. The zero-order valence-electron chi connectivity index (χ0n) is 17.8. The van der Waals surface area contributed by atoms with E-state index in [1.165, 1.54) is 12.2 Å². The molecule has 162 valence electrons. The Morgan fingerprint density at radius 3 is 1.94 bits per heavy atom. The molecule has 5 heteroatoms. The Morgan fingerprint density at radius 2 is 1.38 bits per heavy atom. The van der Waals surface area contributed by atoms with Crippen molar-refractivity contribution in [2.75, 3.05) is 13.7 Å². The molecule has 1 atom stereocenters. The van der Waals surface area contributed by atoms with Crippen LogP contribution in [0, 0.1) is 0 Å². The summed E-state index contributed by atoms with van der Waals surface area (Å²) in [4.78, 5) is 24.7.